The zero-order valence-electron chi connectivity index (χ0n) is 14.8. The molecule has 1 aliphatic rings. The van der Waals surface area contributed by atoms with Crippen LogP contribution in [0, 0.1) is 0 Å². The Morgan fingerprint density at radius 1 is 1.40 bits per heavy atom. The van der Waals surface area contributed by atoms with Gasteiger partial charge in [0.1, 0.15) is 5.82 Å². The minimum absolute atomic E-state index is 0.0636. The van der Waals surface area contributed by atoms with Gasteiger partial charge in [0.25, 0.3) is 5.56 Å². The first-order valence-corrected chi connectivity index (χ1v) is 8.73. The maximum Gasteiger partial charge on any atom is 0.408 e. The lowest BCUT2D eigenvalue weighted by Gasteiger charge is -2.38. The molecule has 7 heteroatoms. The molecule has 1 aliphatic carbocycles. The van der Waals surface area contributed by atoms with Crippen molar-refractivity contribution in [1.82, 2.24) is 14.5 Å². The Bertz CT molecular complexity index is 897. The van der Waals surface area contributed by atoms with E-state index in [1.54, 1.807) is 29.7 Å². The van der Waals surface area contributed by atoms with Crippen LogP contribution in [0.4, 0.5) is 4.79 Å². The largest absolute Gasteiger partial charge is 0.465 e. The summed E-state index contributed by atoms with van der Waals surface area (Å²) in [6, 6.07) is 4.65. The molecule has 1 N–H and O–H groups in total. The zero-order chi connectivity index (χ0) is 18.5. The minimum atomic E-state index is -1.04. The Kier molecular flexibility index (Phi) is 4.27. The minimum Gasteiger partial charge on any atom is -0.465 e. The number of nitrogens with zero attached hydrogens (tertiary/aromatic N) is 3. The highest BCUT2D eigenvalue weighted by Gasteiger charge is 2.37. The van der Waals surface area contributed by atoms with E-state index in [2.05, 4.69) is 4.98 Å². The summed E-state index contributed by atoms with van der Waals surface area (Å²) in [5.74, 6) is 0.472. The molecule has 134 valence electrons. The van der Waals surface area contributed by atoms with Crippen LogP contribution in [0.1, 0.15) is 58.4 Å². The van der Waals surface area contributed by atoms with E-state index >= 15 is 0 Å². The predicted octanol–water partition coefficient (Wildman–Crippen LogP) is 4.22. The molecule has 25 heavy (non-hydrogen) atoms. The Morgan fingerprint density at radius 3 is 2.56 bits per heavy atom. The molecule has 1 saturated carbocycles. The number of halogens is 1. The van der Waals surface area contributed by atoms with Gasteiger partial charge in [-0.1, -0.05) is 17.7 Å². The lowest BCUT2D eigenvalue weighted by atomic mass is 10.0. The van der Waals surface area contributed by atoms with Crippen molar-refractivity contribution in [2.24, 2.45) is 0 Å². The molecule has 1 heterocycles. The number of carbonyl (C=O) groups is 1. The normalized spacial score (nSPS) is 16.0. The van der Waals surface area contributed by atoms with Crippen LogP contribution in [0.25, 0.3) is 10.9 Å². The third-order valence-electron chi connectivity index (χ3n) is 4.51. The van der Waals surface area contributed by atoms with Crippen molar-refractivity contribution in [3.05, 3.63) is 39.4 Å². The molecule has 1 aromatic heterocycles. The van der Waals surface area contributed by atoms with Crippen LogP contribution in [0.15, 0.2) is 23.0 Å². The van der Waals surface area contributed by atoms with Crippen molar-refractivity contribution >= 4 is 28.6 Å². The van der Waals surface area contributed by atoms with E-state index in [1.165, 1.54) is 4.90 Å². The van der Waals surface area contributed by atoms with Crippen LogP contribution in [-0.4, -0.2) is 31.2 Å². The molecular formula is C18H22ClN3O3. The number of aromatic nitrogens is 2. The average Bonchev–Trinajstić information content (AvgIpc) is 3.29. The Morgan fingerprint density at radius 2 is 2.04 bits per heavy atom. The van der Waals surface area contributed by atoms with Gasteiger partial charge >= 0.3 is 6.09 Å². The van der Waals surface area contributed by atoms with Gasteiger partial charge < -0.3 is 5.11 Å². The molecule has 0 bridgehead atoms. The number of hydrogen-bond acceptors (Lipinski definition) is 3. The van der Waals surface area contributed by atoms with E-state index < -0.39 is 17.7 Å². The van der Waals surface area contributed by atoms with Crippen molar-refractivity contribution in [3.8, 4) is 0 Å². The summed E-state index contributed by atoms with van der Waals surface area (Å²) in [4.78, 5) is 30.9. The lowest BCUT2D eigenvalue weighted by molar-refractivity contribution is 0.0711. The van der Waals surface area contributed by atoms with Crippen molar-refractivity contribution in [1.29, 1.82) is 0 Å². The van der Waals surface area contributed by atoms with Gasteiger partial charge in [0.15, 0.2) is 0 Å². The molecule has 0 spiro atoms. The van der Waals surface area contributed by atoms with Gasteiger partial charge in [0.2, 0.25) is 0 Å². The van der Waals surface area contributed by atoms with Gasteiger partial charge in [0, 0.05) is 11.6 Å². The van der Waals surface area contributed by atoms with E-state index in [0.29, 0.717) is 21.7 Å². The molecule has 3 rings (SSSR count). The molecule has 0 radical (unpaired) electrons. The number of hydrogen-bond donors (Lipinski definition) is 1. The Labute approximate surface area is 151 Å². The van der Waals surface area contributed by atoms with Gasteiger partial charge in [-0.15, -0.1) is 0 Å². The number of amides is 1. The van der Waals surface area contributed by atoms with Gasteiger partial charge in [-0.05, 0) is 52.7 Å². The van der Waals surface area contributed by atoms with E-state index in [0.717, 1.165) is 12.8 Å². The first-order valence-electron chi connectivity index (χ1n) is 8.36. The summed E-state index contributed by atoms with van der Waals surface area (Å²) in [5, 5.41) is 10.5. The summed E-state index contributed by atoms with van der Waals surface area (Å²) < 4.78 is 1.64. The van der Waals surface area contributed by atoms with E-state index in [4.69, 9.17) is 11.6 Å². The molecule has 1 atom stereocenters. The van der Waals surface area contributed by atoms with E-state index in [-0.39, 0.29) is 11.6 Å². The van der Waals surface area contributed by atoms with Gasteiger partial charge in [0.05, 0.1) is 22.0 Å². The second kappa shape index (κ2) is 6.02. The molecule has 1 amide bonds. The van der Waals surface area contributed by atoms with Crippen LogP contribution >= 0.6 is 11.6 Å². The van der Waals surface area contributed by atoms with E-state index in [9.17, 15) is 14.7 Å². The number of carboxylic acid groups (broad SMARTS) is 1. The highest BCUT2D eigenvalue weighted by molar-refractivity contribution is 6.35. The first-order chi connectivity index (χ1) is 11.6. The molecule has 1 aromatic carbocycles. The summed E-state index contributed by atoms with van der Waals surface area (Å²) in [6.45, 7) is 7.26. The quantitative estimate of drug-likeness (QED) is 0.885. The predicted molar refractivity (Wildman–Crippen MR) is 97.3 cm³/mol. The van der Waals surface area contributed by atoms with Crippen molar-refractivity contribution in [2.45, 2.75) is 58.2 Å². The maximum absolute atomic E-state index is 13.1. The highest BCUT2D eigenvalue weighted by Crippen LogP contribution is 2.38. The third-order valence-corrected chi connectivity index (χ3v) is 4.82. The van der Waals surface area contributed by atoms with Crippen molar-refractivity contribution in [2.75, 3.05) is 0 Å². The van der Waals surface area contributed by atoms with Crippen LogP contribution < -0.4 is 5.56 Å². The third kappa shape index (κ3) is 3.11. The topological polar surface area (TPSA) is 75.4 Å². The van der Waals surface area contributed by atoms with Crippen LogP contribution in [0.2, 0.25) is 5.02 Å². The van der Waals surface area contributed by atoms with E-state index in [1.807, 2.05) is 20.8 Å². The molecule has 1 fully saturated rings. The summed E-state index contributed by atoms with van der Waals surface area (Å²) in [6.07, 6.45) is 0.738. The molecule has 6 nitrogen and oxygen atoms in total. The summed E-state index contributed by atoms with van der Waals surface area (Å²) in [7, 11) is 0. The van der Waals surface area contributed by atoms with Crippen LogP contribution in [0.5, 0.6) is 0 Å². The van der Waals surface area contributed by atoms with Gasteiger partial charge in [-0.25, -0.2) is 9.78 Å². The SMILES string of the molecule is C[C@@H](c1nc2cccc(Cl)c2c(=O)n1C1CC1)N(C(=O)O)C(C)(C)C. The fourth-order valence-electron chi connectivity index (χ4n) is 3.35. The number of rotatable bonds is 3. The molecular weight excluding hydrogens is 342 g/mol. The number of benzene rings is 1. The molecule has 0 saturated heterocycles. The van der Waals surface area contributed by atoms with Crippen LogP contribution in [0.3, 0.4) is 0 Å². The lowest BCUT2D eigenvalue weighted by Crippen LogP contribution is -2.47. The fourth-order valence-corrected chi connectivity index (χ4v) is 3.60. The van der Waals surface area contributed by atoms with Gasteiger partial charge in [-0.3, -0.25) is 14.3 Å². The smallest absolute Gasteiger partial charge is 0.408 e. The summed E-state index contributed by atoms with van der Waals surface area (Å²) in [5.41, 5.74) is -0.324. The highest BCUT2D eigenvalue weighted by atomic mass is 35.5. The second-order valence-corrected chi connectivity index (χ2v) is 7.92. The maximum atomic E-state index is 13.1. The molecule has 0 aliphatic heterocycles. The number of fused-ring (bicyclic) bond motifs is 1. The zero-order valence-corrected chi connectivity index (χ0v) is 15.5. The van der Waals surface area contributed by atoms with Crippen molar-refractivity contribution in [3.63, 3.8) is 0 Å². The van der Waals surface area contributed by atoms with Gasteiger partial charge in [-0.2, -0.15) is 0 Å². The first kappa shape index (κ1) is 17.7. The Hall–Kier alpha value is -2.08. The fraction of sp³-hybridized carbons (Fsp3) is 0.500. The average molecular weight is 364 g/mol. The second-order valence-electron chi connectivity index (χ2n) is 7.51. The van der Waals surface area contributed by atoms with Crippen LogP contribution in [-0.2, 0) is 0 Å². The summed E-state index contributed by atoms with van der Waals surface area (Å²) >= 11 is 6.22. The molecule has 0 unspecified atom stereocenters. The molecule has 2 aromatic rings. The Balaban J connectivity index is 2.27. The monoisotopic (exact) mass is 363 g/mol. The van der Waals surface area contributed by atoms with Crippen molar-refractivity contribution < 1.29 is 9.90 Å². The standard InChI is InChI=1S/C18H22ClN3O3/c1-10(22(17(24)25)18(2,3)4)15-20-13-7-5-6-12(19)14(13)16(23)21(15)11-8-9-11/h5-7,10-11H,8-9H2,1-4H3,(H,24,25)/t10-/m0/s1.